The van der Waals surface area contributed by atoms with Gasteiger partial charge in [0.2, 0.25) is 11.8 Å². The minimum atomic E-state index is -1.01. The lowest BCUT2D eigenvalue weighted by atomic mass is 9.91. The van der Waals surface area contributed by atoms with Crippen LogP contribution < -0.4 is 5.32 Å². The number of carboxylic acid groups (broad SMARTS) is 1. The summed E-state index contributed by atoms with van der Waals surface area (Å²) in [7, 11) is 0. The van der Waals surface area contributed by atoms with Gasteiger partial charge in [-0.05, 0) is 56.2 Å². The molecule has 1 aliphatic carbocycles. The van der Waals surface area contributed by atoms with Crippen molar-refractivity contribution in [2.24, 2.45) is 11.8 Å². The van der Waals surface area contributed by atoms with Crippen molar-refractivity contribution in [3.8, 4) is 11.8 Å². The van der Waals surface area contributed by atoms with Gasteiger partial charge in [-0.15, -0.1) is 0 Å². The predicted octanol–water partition coefficient (Wildman–Crippen LogP) is 1.63. The highest BCUT2D eigenvalue weighted by atomic mass is 16.4. The number of piperidine rings is 1. The smallest absolute Gasteiger partial charge is 0.306 e. The summed E-state index contributed by atoms with van der Waals surface area (Å²) >= 11 is 0. The van der Waals surface area contributed by atoms with E-state index in [1.807, 2.05) is 12.1 Å². The van der Waals surface area contributed by atoms with Crippen molar-refractivity contribution in [3.05, 3.63) is 30.1 Å². The quantitative estimate of drug-likeness (QED) is 0.650. The molecule has 0 aromatic carbocycles. The first-order chi connectivity index (χ1) is 14.0. The maximum absolute atomic E-state index is 12.8. The molecule has 2 heterocycles. The van der Waals surface area contributed by atoms with Crippen molar-refractivity contribution in [2.75, 3.05) is 13.1 Å². The number of aliphatic carboxylic acids is 1. The fourth-order valence-corrected chi connectivity index (χ4v) is 3.51. The normalized spacial score (nSPS) is 19.8. The third-order valence-corrected chi connectivity index (χ3v) is 5.26. The number of nitrogens with one attached hydrogen (secondary N) is 1. The Morgan fingerprint density at radius 2 is 2.03 bits per heavy atom. The second-order valence-corrected chi connectivity index (χ2v) is 7.77. The molecule has 2 amide bonds. The molecule has 0 radical (unpaired) electrons. The summed E-state index contributed by atoms with van der Waals surface area (Å²) in [5.41, 5.74) is 1.15. The van der Waals surface area contributed by atoms with Crippen LogP contribution in [-0.4, -0.2) is 51.9 Å². The fourth-order valence-electron chi connectivity index (χ4n) is 3.51. The molecule has 29 heavy (non-hydrogen) atoms. The molecule has 1 unspecified atom stereocenters. The number of likely N-dealkylation sites (tertiary alicyclic amines) is 1. The number of nitrogens with zero attached hydrogens (tertiary/aromatic N) is 2. The Hall–Kier alpha value is -2.88. The lowest BCUT2D eigenvalue weighted by Crippen LogP contribution is -2.48. The number of aromatic nitrogens is 1. The highest BCUT2D eigenvalue weighted by molar-refractivity contribution is 5.87. The molecule has 2 fully saturated rings. The van der Waals surface area contributed by atoms with Gasteiger partial charge in [0.1, 0.15) is 6.04 Å². The van der Waals surface area contributed by atoms with Crippen molar-refractivity contribution >= 4 is 17.8 Å². The molecule has 1 aromatic rings. The second kappa shape index (κ2) is 10.1. The molecule has 2 N–H and O–H groups in total. The Labute approximate surface area is 170 Å². The fraction of sp³-hybridized carbons (Fsp3) is 0.545. The van der Waals surface area contributed by atoms with Crippen LogP contribution in [0.3, 0.4) is 0 Å². The van der Waals surface area contributed by atoms with Crippen LogP contribution in [0.2, 0.25) is 0 Å². The van der Waals surface area contributed by atoms with Crippen molar-refractivity contribution in [3.63, 3.8) is 0 Å². The van der Waals surface area contributed by atoms with Crippen molar-refractivity contribution in [2.45, 2.75) is 51.0 Å². The Bertz CT molecular complexity index is 795. The number of hydrogen-bond donors (Lipinski definition) is 2. The first-order valence-corrected chi connectivity index (χ1v) is 10.2. The minimum absolute atomic E-state index is 0.000643. The van der Waals surface area contributed by atoms with Crippen LogP contribution in [0.1, 0.15) is 44.1 Å². The van der Waals surface area contributed by atoms with E-state index in [4.69, 9.17) is 5.11 Å². The molecule has 2 aliphatic rings. The van der Waals surface area contributed by atoms with Crippen LogP contribution in [0.5, 0.6) is 0 Å². The third-order valence-electron chi connectivity index (χ3n) is 5.26. The molecule has 1 aliphatic heterocycles. The third kappa shape index (κ3) is 6.90. The van der Waals surface area contributed by atoms with E-state index < -0.39 is 12.0 Å². The van der Waals surface area contributed by atoms with Crippen LogP contribution in [0, 0.1) is 23.7 Å². The van der Waals surface area contributed by atoms with E-state index in [9.17, 15) is 14.4 Å². The molecule has 7 nitrogen and oxygen atoms in total. The van der Waals surface area contributed by atoms with E-state index in [-0.39, 0.29) is 30.7 Å². The number of amides is 2. The summed E-state index contributed by atoms with van der Waals surface area (Å²) in [6.45, 7) is 0.501. The number of carbonyl (C=O) groups is 3. The highest BCUT2D eigenvalue weighted by Gasteiger charge is 2.30. The topological polar surface area (TPSA) is 99.6 Å². The predicted molar refractivity (Wildman–Crippen MR) is 107 cm³/mol. The van der Waals surface area contributed by atoms with E-state index in [1.165, 1.54) is 0 Å². The second-order valence-electron chi connectivity index (χ2n) is 7.77. The number of carboxylic acids is 1. The summed E-state index contributed by atoms with van der Waals surface area (Å²) < 4.78 is 0. The van der Waals surface area contributed by atoms with E-state index in [2.05, 4.69) is 22.1 Å². The Morgan fingerprint density at radius 1 is 1.28 bits per heavy atom. The van der Waals surface area contributed by atoms with Crippen molar-refractivity contribution in [1.29, 1.82) is 0 Å². The molecule has 1 saturated heterocycles. The number of carbonyl (C=O) groups excluding carboxylic acids is 2. The van der Waals surface area contributed by atoms with Gasteiger partial charge in [-0.25, -0.2) is 0 Å². The molecule has 0 spiro atoms. The Kier molecular flexibility index (Phi) is 7.23. The maximum Gasteiger partial charge on any atom is 0.306 e. The van der Waals surface area contributed by atoms with Gasteiger partial charge >= 0.3 is 5.97 Å². The van der Waals surface area contributed by atoms with Crippen LogP contribution in [0.25, 0.3) is 0 Å². The summed E-state index contributed by atoms with van der Waals surface area (Å²) in [6.07, 6.45) is 8.55. The van der Waals surface area contributed by atoms with Crippen LogP contribution >= 0.6 is 0 Å². The molecule has 154 valence electrons. The van der Waals surface area contributed by atoms with Gasteiger partial charge in [0.05, 0.1) is 13.0 Å². The van der Waals surface area contributed by atoms with Gasteiger partial charge in [-0.2, -0.15) is 0 Å². The van der Waals surface area contributed by atoms with Crippen molar-refractivity contribution < 1.29 is 19.5 Å². The van der Waals surface area contributed by atoms with Gasteiger partial charge in [0.15, 0.2) is 0 Å². The molecular formula is C22H27N3O4. The van der Waals surface area contributed by atoms with E-state index in [1.54, 1.807) is 17.3 Å². The first-order valence-electron chi connectivity index (χ1n) is 10.2. The largest absolute Gasteiger partial charge is 0.481 e. The van der Waals surface area contributed by atoms with Gasteiger partial charge in [-0.3, -0.25) is 19.4 Å². The van der Waals surface area contributed by atoms with Crippen LogP contribution in [0.15, 0.2) is 24.5 Å². The molecule has 2 atom stereocenters. The number of pyridine rings is 1. The molecule has 3 rings (SSSR count). The van der Waals surface area contributed by atoms with Gasteiger partial charge in [-0.1, -0.05) is 11.8 Å². The molecule has 1 saturated carbocycles. The molecule has 0 bridgehead atoms. The van der Waals surface area contributed by atoms with E-state index in [0.717, 1.165) is 44.1 Å². The number of aryl methyl sites for hydroxylation is 1. The molecular weight excluding hydrogens is 370 g/mol. The number of rotatable bonds is 8. The van der Waals surface area contributed by atoms with Crippen molar-refractivity contribution in [1.82, 2.24) is 15.2 Å². The van der Waals surface area contributed by atoms with E-state index >= 15 is 0 Å². The van der Waals surface area contributed by atoms with Gasteiger partial charge in [0.25, 0.3) is 0 Å². The number of hydrogen-bond acceptors (Lipinski definition) is 4. The standard InChI is InChI=1S/C22H27N3O4/c26-20(24-19(14-21(27)28)8-6-16-3-4-16)15-25-13-1-2-18(22(25)29)7-5-17-9-11-23-12-10-17/h9-12,16,18-19H,1-5,7,13-15H2,(H,24,26)(H,27,28)/t18?,19-/m1/s1. The van der Waals surface area contributed by atoms with Crippen LogP contribution in [0.4, 0.5) is 0 Å². The lowest BCUT2D eigenvalue weighted by molar-refractivity contribution is -0.142. The zero-order chi connectivity index (χ0) is 20.6. The van der Waals surface area contributed by atoms with E-state index in [0.29, 0.717) is 12.5 Å². The maximum atomic E-state index is 12.8. The summed E-state index contributed by atoms with van der Waals surface area (Å²) in [4.78, 5) is 41.8. The molecule has 7 heteroatoms. The monoisotopic (exact) mass is 397 g/mol. The average Bonchev–Trinajstić information content (AvgIpc) is 3.52. The SMILES string of the molecule is O=C(O)C[C@@H](C#CC1CC1)NC(=O)CN1CCCC(CCc2ccncc2)C1=O. The zero-order valence-corrected chi connectivity index (χ0v) is 16.5. The van der Waals surface area contributed by atoms with Gasteiger partial charge < -0.3 is 15.3 Å². The van der Waals surface area contributed by atoms with Crippen LogP contribution in [-0.2, 0) is 20.8 Å². The first kappa shape index (κ1) is 20.8. The summed E-state index contributed by atoms with van der Waals surface area (Å²) in [5, 5.41) is 11.7. The zero-order valence-electron chi connectivity index (χ0n) is 16.5. The lowest BCUT2D eigenvalue weighted by Gasteiger charge is -2.32. The summed E-state index contributed by atoms with van der Waals surface area (Å²) in [5.74, 6) is 4.75. The Balaban J connectivity index is 1.51. The average molecular weight is 397 g/mol. The summed E-state index contributed by atoms with van der Waals surface area (Å²) in [6, 6.07) is 3.18. The Morgan fingerprint density at radius 3 is 2.72 bits per heavy atom. The van der Waals surface area contributed by atoms with Gasteiger partial charge in [0, 0.05) is 30.8 Å². The highest BCUT2D eigenvalue weighted by Crippen LogP contribution is 2.27. The molecule has 1 aromatic heterocycles. The minimum Gasteiger partial charge on any atom is -0.481 e.